The van der Waals surface area contributed by atoms with E-state index in [0.717, 1.165) is 9.80 Å². The van der Waals surface area contributed by atoms with E-state index in [4.69, 9.17) is 46.4 Å². The highest BCUT2D eigenvalue weighted by Crippen LogP contribution is 2.46. The van der Waals surface area contributed by atoms with Gasteiger partial charge in [0.05, 0.1) is 13.1 Å². The number of alkyl halides is 10. The summed E-state index contributed by atoms with van der Waals surface area (Å²) in [5, 5.41) is 0. The Balaban J connectivity index is 0. The summed E-state index contributed by atoms with van der Waals surface area (Å²) in [6, 6.07) is 0. The minimum Gasteiger partial charge on any atom is -0.295 e. The van der Waals surface area contributed by atoms with Gasteiger partial charge in [0.25, 0.3) is 0 Å². The third-order valence-electron chi connectivity index (χ3n) is 3.37. The van der Waals surface area contributed by atoms with Crippen LogP contribution in [0.2, 0.25) is 0 Å². The molecule has 0 bridgehead atoms. The molecule has 0 radical (unpaired) electrons. The Hall–Kier alpha value is 0.950. The molecule has 160 valence electrons. The molecule has 0 aliphatic carbocycles. The lowest BCUT2D eigenvalue weighted by molar-refractivity contribution is -0.314. The van der Waals surface area contributed by atoms with Crippen LogP contribution in [0.25, 0.3) is 0 Å². The zero-order valence-electron chi connectivity index (χ0n) is 13.7. The lowest BCUT2D eigenvalue weighted by Crippen LogP contribution is -2.62. The quantitative estimate of drug-likeness (QED) is 0.250. The second-order valence-corrected chi connectivity index (χ2v) is 6.80. The Kier molecular flexibility index (Phi) is 14.8. The summed E-state index contributed by atoms with van der Waals surface area (Å²) >= 11 is 21.6. The summed E-state index contributed by atoms with van der Waals surface area (Å²) in [4.78, 5) is 1.64. The molecule has 2 nitrogen and oxygen atoms in total. The van der Waals surface area contributed by atoms with Gasteiger partial charge in [0.2, 0.25) is 0 Å². The van der Waals surface area contributed by atoms with Crippen molar-refractivity contribution >= 4 is 58.8 Å². The van der Waals surface area contributed by atoms with Crippen molar-refractivity contribution in [2.45, 2.75) is 17.8 Å². The van der Waals surface area contributed by atoms with Gasteiger partial charge in [0.1, 0.15) is 0 Å². The monoisotopic (exact) mass is 494 g/mol. The number of halogens is 11. The summed E-state index contributed by atoms with van der Waals surface area (Å²) in [5.74, 6) is -16.1. The molecule has 26 heavy (non-hydrogen) atoms. The summed E-state index contributed by atoms with van der Waals surface area (Å²) < 4.78 is 83.9. The highest BCUT2D eigenvalue weighted by atomic mass is 35.5. The van der Waals surface area contributed by atoms with E-state index < -0.39 is 30.9 Å². The summed E-state index contributed by atoms with van der Waals surface area (Å²) in [7, 11) is 0. The Morgan fingerprint density at radius 1 is 0.538 bits per heavy atom. The molecule has 0 fully saturated rings. The molecular formula is C13H21Cl5F6N2. The van der Waals surface area contributed by atoms with Crippen LogP contribution in [0.5, 0.6) is 0 Å². The fourth-order valence-corrected chi connectivity index (χ4v) is 3.00. The van der Waals surface area contributed by atoms with Crippen molar-refractivity contribution in [3.8, 4) is 0 Å². The van der Waals surface area contributed by atoms with Crippen LogP contribution in [0.3, 0.4) is 0 Å². The van der Waals surface area contributed by atoms with Crippen molar-refractivity contribution in [1.29, 1.82) is 0 Å². The van der Waals surface area contributed by atoms with E-state index >= 15 is 0 Å². The second-order valence-electron chi connectivity index (χ2n) is 5.29. The molecule has 0 heterocycles. The average molecular weight is 497 g/mol. The number of hydrogen-bond donors (Lipinski definition) is 0. The van der Waals surface area contributed by atoms with E-state index in [1.165, 1.54) is 0 Å². The highest BCUT2D eigenvalue weighted by molar-refractivity contribution is 6.18. The molecule has 0 aliphatic rings. The molecule has 0 aliphatic heterocycles. The van der Waals surface area contributed by atoms with Crippen LogP contribution in [0, 0.1) is 0 Å². The predicted octanol–water partition coefficient (Wildman–Crippen LogP) is 4.87. The van der Waals surface area contributed by atoms with Crippen LogP contribution < -0.4 is 0 Å². The molecule has 0 N–H and O–H groups in total. The third-order valence-corrected chi connectivity index (χ3v) is 4.04. The zero-order chi connectivity index (χ0) is 19.7. The third kappa shape index (κ3) is 8.53. The van der Waals surface area contributed by atoms with E-state index in [1.807, 2.05) is 0 Å². The zero-order valence-corrected chi connectivity index (χ0v) is 17.5. The maximum atomic E-state index is 14.0. The van der Waals surface area contributed by atoms with Gasteiger partial charge in [-0.25, -0.2) is 0 Å². The number of hydrogen-bond acceptors (Lipinski definition) is 2. The van der Waals surface area contributed by atoms with E-state index in [0.29, 0.717) is 0 Å². The molecule has 0 saturated carbocycles. The van der Waals surface area contributed by atoms with Gasteiger partial charge in [-0.1, -0.05) is 0 Å². The van der Waals surface area contributed by atoms with E-state index in [9.17, 15) is 26.3 Å². The molecule has 13 heteroatoms. The average Bonchev–Trinajstić information content (AvgIpc) is 2.47. The molecule has 0 atom stereocenters. The van der Waals surface area contributed by atoms with E-state index in [1.54, 1.807) is 0 Å². The van der Waals surface area contributed by atoms with Crippen LogP contribution in [0.1, 0.15) is 0 Å². The normalized spacial score (nSPS) is 13.4. The van der Waals surface area contributed by atoms with Gasteiger partial charge >= 0.3 is 17.8 Å². The second kappa shape index (κ2) is 13.2. The number of nitrogens with zero attached hydrogens (tertiary/aromatic N) is 2. The topological polar surface area (TPSA) is 6.48 Å². The van der Waals surface area contributed by atoms with Gasteiger partial charge in [0, 0.05) is 49.7 Å². The summed E-state index contributed by atoms with van der Waals surface area (Å²) in [6.45, 7) is -3.90. The van der Waals surface area contributed by atoms with Gasteiger partial charge in [-0.2, -0.15) is 26.3 Å². The first-order valence-corrected chi connectivity index (χ1v) is 9.45. The molecule has 0 aromatic rings. The van der Waals surface area contributed by atoms with Crippen molar-refractivity contribution in [1.82, 2.24) is 9.80 Å². The highest BCUT2D eigenvalue weighted by Gasteiger charge is 2.71. The Morgan fingerprint density at radius 3 is 0.962 bits per heavy atom. The van der Waals surface area contributed by atoms with Crippen molar-refractivity contribution in [2.24, 2.45) is 0 Å². The van der Waals surface area contributed by atoms with Crippen molar-refractivity contribution < 1.29 is 26.3 Å². The first-order chi connectivity index (χ1) is 11.5. The number of rotatable bonds is 14. The van der Waals surface area contributed by atoms with Crippen LogP contribution in [0.4, 0.5) is 26.3 Å². The van der Waals surface area contributed by atoms with Crippen LogP contribution in [-0.2, 0) is 0 Å². The van der Waals surface area contributed by atoms with Crippen molar-refractivity contribution in [3.63, 3.8) is 0 Å². The minimum atomic E-state index is -5.58. The Morgan fingerprint density at radius 2 is 0.769 bits per heavy atom. The van der Waals surface area contributed by atoms with Crippen LogP contribution in [0.15, 0.2) is 0 Å². The molecule has 0 saturated heterocycles. The molecule has 0 amide bonds. The predicted molar refractivity (Wildman–Crippen MR) is 97.8 cm³/mol. The fraction of sp³-hybridized carbons (Fsp3) is 1.00. The molecule has 0 aromatic heterocycles. The van der Waals surface area contributed by atoms with Crippen LogP contribution >= 0.6 is 58.8 Å². The van der Waals surface area contributed by atoms with Gasteiger partial charge in [-0.15, -0.1) is 58.8 Å². The van der Waals surface area contributed by atoms with E-state index in [-0.39, 0.29) is 62.1 Å². The standard InChI is InChI=1S/C13H20Cl4F6N2.ClH/c14-1-5-24(6-2-15)9-11(18,19)13(22,23)12(20,21)10-25(7-3-16)8-4-17;/h1-10H2;1H. The fourth-order valence-electron chi connectivity index (χ4n) is 2.05. The van der Waals surface area contributed by atoms with Gasteiger partial charge in [-0.05, 0) is 0 Å². The first kappa shape index (κ1) is 29.2. The minimum absolute atomic E-state index is 0. The SMILES string of the molecule is Cl.FC(F)(CN(CCCl)CCCl)C(F)(F)C(F)(F)CN(CCCl)CCCl. The lowest BCUT2D eigenvalue weighted by atomic mass is 10.0. The maximum absolute atomic E-state index is 14.0. The maximum Gasteiger partial charge on any atom is 0.374 e. The molecular weight excluding hydrogens is 475 g/mol. The van der Waals surface area contributed by atoms with E-state index in [2.05, 4.69) is 0 Å². The smallest absolute Gasteiger partial charge is 0.295 e. The summed E-state index contributed by atoms with van der Waals surface area (Å²) in [5.41, 5.74) is 0. The lowest BCUT2D eigenvalue weighted by Gasteiger charge is -2.37. The largest absolute Gasteiger partial charge is 0.374 e. The Bertz CT molecular complexity index is 335. The first-order valence-electron chi connectivity index (χ1n) is 7.31. The van der Waals surface area contributed by atoms with Crippen molar-refractivity contribution in [3.05, 3.63) is 0 Å². The van der Waals surface area contributed by atoms with Gasteiger partial charge < -0.3 is 0 Å². The molecule has 0 spiro atoms. The molecule has 0 rings (SSSR count). The van der Waals surface area contributed by atoms with Gasteiger partial charge in [0.15, 0.2) is 0 Å². The molecule has 0 aromatic carbocycles. The Labute approximate surface area is 175 Å². The summed E-state index contributed by atoms with van der Waals surface area (Å²) in [6.07, 6.45) is 0. The van der Waals surface area contributed by atoms with Crippen molar-refractivity contribution in [2.75, 3.05) is 62.8 Å². The molecule has 0 unspecified atom stereocenters. The van der Waals surface area contributed by atoms with Crippen LogP contribution in [-0.4, -0.2) is 90.4 Å². The van der Waals surface area contributed by atoms with Gasteiger partial charge in [-0.3, -0.25) is 9.80 Å².